The van der Waals surface area contributed by atoms with Crippen LogP contribution in [0.1, 0.15) is 41.0 Å². The van der Waals surface area contributed by atoms with Gasteiger partial charge in [-0.15, -0.1) is 0 Å². The van der Waals surface area contributed by atoms with Crippen LogP contribution in [0.5, 0.6) is 0 Å². The van der Waals surface area contributed by atoms with E-state index in [-0.39, 0.29) is 11.9 Å². The van der Waals surface area contributed by atoms with Gasteiger partial charge in [0.2, 0.25) is 10.0 Å². The Kier molecular flexibility index (Phi) is 4.76. The average Bonchev–Trinajstić information content (AvgIpc) is 2.60. The van der Waals surface area contributed by atoms with Gasteiger partial charge in [0.25, 0.3) is 5.91 Å². The molecule has 2 aromatic rings. The van der Waals surface area contributed by atoms with Crippen molar-refractivity contribution in [2.24, 2.45) is 0 Å². The van der Waals surface area contributed by atoms with Crippen LogP contribution in [0.25, 0.3) is 0 Å². The number of benzene rings is 1. The summed E-state index contributed by atoms with van der Waals surface area (Å²) in [5, 5.41) is 2.93. The molecule has 2 heterocycles. The number of hydrogen-bond acceptors (Lipinski definition) is 4. The maximum absolute atomic E-state index is 12.5. The summed E-state index contributed by atoms with van der Waals surface area (Å²) in [4.78, 5) is 16.8. The van der Waals surface area contributed by atoms with Gasteiger partial charge in [-0.2, -0.15) is 0 Å². The molecule has 7 heteroatoms. The molecule has 25 heavy (non-hydrogen) atoms. The Hall–Kier alpha value is -2.41. The molecule has 0 saturated carbocycles. The van der Waals surface area contributed by atoms with Crippen molar-refractivity contribution in [3.8, 4) is 0 Å². The van der Waals surface area contributed by atoms with Gasteiger partial charge in [0.05, 0.1) is 23.7 Å². The topological polar surface area (TPSA) is 79.4 Å². The Morgan fingerprint density at radius 2 is 2.08 bits per heavy atom. The first-order valence-corrected chi connectivity index (χ1v) is 10.0. The maximum Gasteiger partial charge on any atom is 0.251 e. The molecule has 132 valence electrons. The van der Waals surface area contributed by atoms with Crippen molar-refractivity contribution in [2.75, 3.05) is 17.1 Å². The summed E-state index contributed by atoms with van der Waals surface area (Å²) in [6, 6.07) is 10.5. The number of hydrogen-bond donors (Lipinski definition) is 1. The largest absolute Gasteiger partial charge is 0.344 e. The van der Waals surface area contributed by atoms with Gasteiger partial charge in [-0.1, -0.05) is 6.07 Å². The van der Waals surface area contributed by atoms with Crippen LogP contribution in [0.15, 0.2) is 42.6 Å². The van der Waals surface area contributed by atoms with Gasteiger partial charge in [-0.25, -0.2) is 8.42 Å². The number of nitrogens with one attached hydrogen (secondary N) is 1. The van der Waals surface area contributed by atoms with Gasteiger partial charge in [-0.05, 0) is 55.7 Å². The minimum absolute atomic E-state index is 0.197. The highest BCUT2D eigenvalue weighted by molar-refractivity contribution is 7.92. The number of aryl methyl sites for hydroxylation is 1. The minimum Gasteiger partial charge on any atom is -0.344 e. The number of pyridine rings is 1. The number of anilines is 1. The number of sulfonamides is 1. The lowest BCUT2D eigenvalue weighted by atomic mass is 10.0. The van der Waals surface area contributed by atoms with E-state index in [1.54, 1.807) is 24.4 Å². The van der Waals surface area contributed by atoms with Gasteiger partial charge in [0, 0.05) is 18.3 Å². The van der Waals surface area contributed by atoms with Gasteiger partial charge in [0.1, 0.15) is 0 Å². The fourth-order valence-corrected chi connectivity index (χ4v) is 4.03. The molecule has 0 radical (unpaired) electrons. The van der Waals surface area contributed by atoms with E-state index in [1.807, 2.05) is 25.1 Å². The summed E-state index contributed by atoms with van der Waals surface area (Å²) in [5.74, 6) is -0.197. The molecule has 0 fully saturated rings. The Morgan fingerprint density at radius 3 is 2.76 bits per heavy atom. The van der Waals surface area contributed by atoms with Crippen LogP contribution in [-0.2, 0) is 16.4 Å². The van der Waals surface area contributed by atoms with Crippen molar-refractivity contribution in [2.45, 2.75) is 25.8 Å². The molecule has 3 rings (SSSR count). The van der Waals surface area contributed by atoms with Crippen molar-refractivity contribution >= 4 is 21.6 Å². The lowest BCUT2D eigenvalue weighted by molar-refractivity contribution is 0.0939. The van der Waals surface area contributed by atoms with Crippen molar-refractivity contribution in [3.05, 3.63) is 59.4 Å². The highest BCUT2D eigenvalue weighted by atomic mass is 32.2. The number of fused-ring (bicyclic) bond motifs is 1. The predicted molar refractivity (Wildman–Crippen MR) is 97.1 cm³/mol. The van der Waals surface area contributed by atoms with E-state index in [0.29, 0.717) is 17.8 Å². The number of amides is 1. The molecule has 1 aliphatic rings. The summed E-state index contributed by atoms with van der Waals surface area (Å²) < 4.78 is 25.2. The Balaban J connectivity index is 1.81. The summed E-state index contributed by atoms with van der Waals surface area (Å²) in [5.41, 5.74) is 2.87. The average molecular weight is 359 g/mol. The second kappa shape index (κ2) is 6.84. The quantitative estimate of drug-likeness (QED) is 0.908. The zero-order valence-corrected chi connectivity index (χ0v) is 15.1. The highest BCUT2D eigenvalue weighted by Gasteiger charge is 2.25. The van der Waals surface area contributed by atoms with Crippen LogP contribution in [0, 0.1) is 0 Å². The van der Waals surface area contributed by atoms with Gasteiger partial charge in [-0.3, -0.25) is 14.1 Å². The third-order valence-electron chi connectivity index (χ3n) is 4.30. The summed E-state index contributed by atoms with van der Waals surface area (Å²) in [6.07, 6.45) is 4.40. The third-order valence-corrected chi connectivity index (χ3v) is 5.48. The summed E-state index contributed by atoms with van der Waals surface area (Å²) in [6.45, 7) is 2.36. The molecule has 0 saturated heterocycles. The lowest BCUT2D eigenvalue weighted by Crippen LogP contribution is -2.35. The zero-order valence-electron chi connectivity index (χ0n) is 14.3. The fraction of sp³-hybridized carbons (Fsp3) is 0.333. The molecule has 0 bridgehead atoms. The minimum atomic E-state index is -3.30. The molecule has 0 spiro atoms. The number of nitrogens with zero attached hydrogens (tertiary/aromatic N) is 2. The number of carbonyl (C=O) groups excluding carboxylic acids is 1. The van der Waals surface area contributed by atoms with E-state index in [1.165, 1.54) is 10.6 Å². The molecule has 1 unspecified atom stereocenters. The van der Waals surface area contributed by atoms with Crippen molar-refractivity contribution in [1.82, 2.24) is 10.3 Å². The molecule has 0 aliphatic carbocycles. The van der Waals surface area contributed by atoms with E-state index >= 15 is 0 Å². The normalized spacial score (nSPS) is 15.4. The zero-order chi connectivity index (χ0) is 18.0. The SMILES string of the molecule is CC(NC(=O)c1ccc2c(c1)CCCN2S(C)(=O)=O)c1ccccn1. The Bertz CT molecular complexity index is 882. The van der Waals surface area contributed by atoms with Crippen LogP contribution in [0.4, 0.5) is 5.69 Å². The van der Waals surface area contributed by atoms with Crippen LogP contribution >= 0.6 is 0 Å². The van der Waals surface area contributed by atoms with Crippen LogP contribution in [0.3, 0.4) is 0 Å². The maximum atomic E-state index is 12.5. The molecular weight excluding hydrogens is 338 g/mol. The lowest BCUT2D eigenvalue weighted by Gasteiger charge is -2.29. The first kappa shape index (κ1) is 17.4. The molecular formula is C18H21N3O3S. The van der Waals surface area contributed by atoms with Gasteiger partial charge in [0.15, 0.2) is 0 Å². The van der Waals surface area contributed by atoms with Crippen molar-refractivity contribution < 1.29 is 13.2 Å². The van der Waals surface area contributed by atoms with Crippen molar-refractivity contribution in [3.63, 3.8) is 0 Å². The Labute approximate surface area is 147 Å². The van der Waals surface area contributed by atoms with Crippen LogP contribution in [0.2, 0.25) is 0 Å². The number of rotatable bonds is 4. The molecule has 1 amide bonds. The van der Waals surface area contributed by atoms with E-state index in [2.05, 4.69) is 10.3 Å². The predicted octanol–water partition coefficient (Wildman–Crippen LogP) is 2.28. The monoisotopic (exact) mass is 359 g/mol. The standard InChI is InChI=1S/C18H21N3O3S/c1-13(16-7-3-4-10-19-16)20-18(22)15-8-9-17-14(12-15)6-5-11-21(17)25(2,23)24/h3-4,7-10,12-13H,5-6,11H2,1-2H3,(H,20,22). The van der Waals surface area contributed by atoms with Crippen molar-refractivity contribution in [1.29, 1.82) is 0 Å². The van der Waals surface area contributed by atoms with Gasteiger partial charge < -0.3 is 5.32 Å². The van der Waals surface area contributed by atoms with E-state index < -0.39 is 10.0 Å². The molecule has 6 nitrogen and oxygen atoms in total. The van der Waals surface area contributed by atoms with Crippen LogP contribution in [-0.4, -0.2) is 32.1 Å². The molecule has 1 N–H and O–H groups in total. The number of carbonyl (C=O) groups is 1. The van der Waals surface area contributed by atoms with E-state index in [9.17, 15) is 13.2 Å². The first-order valence-electron chi connectivity index (χ1n) is 8.18. The first-order chi connectivity index (χ1) is 11.9. The van der Waals surface area contributed by atoms with E-state index in [0.717, 1.165) is 24.1 Å². The second-order valence-electron chi connectivity index (χ2n) is 6.23. The Morgan fingerprint density at radius 1 is 1.28 bits per heavy atom. The highest BCUT2D eigenvalue weighted by Crippen LogP contribution is 2.30. The molecule has 1 atom stereocenters. The summed E-state index contributed by atoms with van der Waals surface area (Å²) >= 11 is 0. The third kappa shape index (κ3) is 3.82. The summed E-state index contributed by atoms with van der Waals surface area (Å²) in [7, 11) is -3.30. The van der Waals surface area contributed by atoms with Gasteiger partial charge >= 0.3 is 0 Å². The number of aromatic nitrogens is 1. The fourth-order valence-electron chi connectivity index (χ4n) is 3.03. The molecule has 1 aromatic heterocycles. The van der Waals surface area contributed by atoms with E-state index in [4.69, 9.17) is 0 Å². The molecule has 1 aromatic carbocycles. The second-order valence-corrected chi connectivity index (χ2v) is 8.14. The smallest absolute Gasteiger partial charge is 0.251 e. The molecule has 1 aliphatic heterocycles. The van der Waals surface area contributed by atoms with Crippen LogP contribution < -0.4 is 9.62 Å².